The van der Waals surface area contributed by atoms with Gasteiger partial charge in [0.15, 0.2) is 0 Å². The highest BCUT2D eigenvalue weighted by Crippen LogP contribution is 2.30. The number of aliphatic carboxylic acids is 1. The summed E-state index contributed by atoms with van der Waals surface area (Å²) >= 11 is 0. The molecule has 1 rings (SSSR count). The SMILES string of the molecule is CC(C)COC1CCC(CC(=O)O)C1. The zero-order valence-corrected chi connectivity index (χ0v) is 9.03. The number of hydrogen-bond acceptors (Lipinski definition) is 2. The summed E-state index contributed by atoms with van der Waals surface area (Å²) in [5.74, 6) is 0.220. The molecule has 1 fully saturated rings. The fourth-order valence-corrected chi connectivity index (χ4v) is 1.94. The molecule has 0 spiro atoms. The largest absolute Gasteiger partial charge is 0.481 e. The van der Waals surface area contributed by atoms with Gasteiger partial charge in [0.25, 0.3) is 0 Å². The van der Waals surface area contributed by atoms with E-state index in [4.69, 9.17) is 9.84 Å². The minimum absolute atomic E-state index is 0.307. The van der Waals surface area contributed by atoms with Crippen LogP contribution in [0.5, 0.6) is 0 Å². The Labute approximate surface area is 85.5 Å². The van der Waals surface area contributed by atoms with Crippen molar-refractivity contribution in [3.63, 3.8) is 0 Å². The van der Waals surface area contributed by atoms with E-state index in [0.29, 0.717) is 24.4 Å². The third-order valence-corrected chi connectivity index (χ3v) is 2.62. The molecule has 82 valence electrons. The molecule has 0 heterocycles. The van der Waals surface area contributed by atoms with Gasteiger partial charge in [-0.2, -0.15) is 0 Å². The lowest BCUT2D eigenvalue weighted by Gasteiger charge is -2.13. The maximum Gasteiger partial charge on any atom is 0.303 e. The highest BCUT2D eigenvalue weighted by molar-refractivity contribution is 5.67. The van der Waals surface area contributed by atoms with Crippen LogP contribution in [0.25, 0.3) is 0 Å². The van der Waals surface area contributed by atoms with E-state index in [1.54, 1.807) is 0 Å². The lowest BCUT2D eigenvalue weighted by atomic mass is 10.0. The van der Waals surface area contributed by atoms with E-state index in [-0.39, 0.29) is 0 Å². The normalized spacial score (nSPS) is 27.1. The van der Waals surface area contributed by atoms with Gasteiger partial charge in [0.1, 0.15) is 0 Å². The van der Waals surface area contributed by atoms with E-state index in [9.17, 15) is 4.79 Å². The second-order valence-electron chi connectivity index (χ2n) is 4.63. The van der Waals surface area contributed by atoms with Gasteiger partial charge >= 0.3 is 5.97 Å². The molecule has 0 aromatic carbocycles. The van der Waals surface area contributed by atoms with Gasteiger partial charge in [-0.25, -0.2) is 0 Å². The Morgan fingerprint density at radius 1 is 1.50 bits per heavy atom. The fraction of sp³-hybridized carbons (Fsp3) is 0.909. The summed E-state index contributed by atoms with van der Waals surface area (Å²) in [7, 11) is 0. The van der Waals surface area contributed by atoms with Crippen molar-refractivity contribution < 1.29 is 14.6 Å². The van der Waals surface area contributed by atoms with Crippen molar-refractivity contribution in [2.45, 2.75) is 45.6 Å². The molecule has 3 nitrogen and oxygen atoms in total. The summed E-state index contributed by atoms with van der Waals surface area (Å²) < 4.78 is 5.68. The monoisotopic (exact) mass is 200 g/mol. The summed E-state index contributed by atoms with van der Waals surface area (Å²) in [6.45, 7) is 5.05. The zero-order chi connectivity index (χ0) is 10.6. The summed E-state index contributed by atoms with van der Waals surface area (Å²) in [6.07, 6.45) is 3.59. The van der Waals surface area contributed by atoms with Crippen LogP contribution in [0.3, 0.4) is 0 Å². The van der Waals surface area contributed by atoms with Crippen molar-refractivity contribution in [2.24, 2.45) is 11.8 Å². The van der Waals surface area contributed by atoms with Gasteiger partial charge in [0.2, 0.25) is 0 Å². The van der Waals surface area contributed by atoms with Crippen LogP contribution in [0.2, 0.25) is 0 Å². The van der Waals surface area contributed by atoms with Crippen LogP contribution in [-0.2, 0) is 9.53 Å². The minimum atomic E-state index is -0.681. The molecule has 1 aliphatic carbocycles. The van der Waals surface area contributed by atoms with Gasteiger partial charge < -0.3 is 9.84 Å². The molecular weight excluding hydrogens is 180 g/mol. The highest BCUT2D eigenvalue weighted by Gasteiger charge is 2.26. The van der Waals surface area contributed by atoms with Crippen LogP contribution in [-0.4, -0.2) is 23.8 Å². The predicted octanol–water partition coefficient (Wildman–Crippen LogP) is 2.30. The van der Waals surface area contributed by atoms with E-state index in [0.717, 1.165) is 25.9 Å². The Morgan fingerprint density at radius 3 is 2.79 bits per heavy atom. The van der Waals surface area contributed by atoms with Crippen LogP contribution in [0.15, 0.2) is 0 Å². The molecule has 0 radical (unpaired) electrons. The third-order valence-electron chi connectivity index (χ3n) is 2.62. The smallest absolute Gasteiger partial charge is 0.303 e. The summed E-state index contributed by atoms with van der Waals surface area (Å²) in [5, 5.41) is 8.64. The molecule has 1 aliphatic rings. The zero-order valence-electron chi connectivity index (χ0n) is 9.03. The maximum atomic E-state index is 10.5. The highest BCUT2D eigenvalue weighted by atomic mass is 16.5. The third kappa shape index (κ3) is 4.09. The molecule has 3 heteroatoms. The minimum Gasteiger partial charge on any atom is -0.481 e. The van der Waals surface area contributed by atoms with Crippen molar-refractivity contribution in [1.29, 1.82) is 0 Å². The first-order valence-electron chi connectivity index (χ1n) is 5.41. The molecular formula is C11H20O3. The van der Waals surface area contributed by atoms with E-state index in [1.165, 1.54) is 0 Å². The average molecular weight is 200 g/mol. The van der Waals surface area contributed by atoms with Gasteiger partial charge in [0.05, 0.1) is 6.10 Å². The Hall–Kier alpha value is -0.570. The predicted molar refractivity (Wildman–Crippen MR) is 54.2 cm³/mol. The second-order valence-corrected chi connectivity index (χ2v) is 4.63. The van der Waals surface area contributed by atoms with Crippen molar-refractivity contribution in [3.8, 4) is 0 Å². The van der Waals surface area contributed by atoms with Gasteiger partial charge in [0, 0.05) is 13.0 Å². The number of carbonyl (C=O) groups is 1. The topological polar surface area (TPSA) is 46.5 Å². The average Bonchev–Trinajstić information content (AvgIpc) is 2.47. The van der Waals surface area contributed by atoms with E-state index < -0.39 is 5.97 Å². The van der Waals surface area contributed by atoms with Crippen LogP contribution in [0.1, 0.15) is 39.5 Å². The number of carboxylic acid groups (broad SMARTS) is 1. The van der Waals surface area contributed by atoms with Gasteiger partial charge in [-0.15, -0.1) is 0 Å². The number of hydrogen-bond donors (Lipinski definition) is 1. The second kappa shape index (κ2) is 5.35. The Morgan fingerprint density at radius 2 is 2.21 bits per heavy atom. The molecule has 0 aromatic heterocycles. The standard InChI is InChI=1S/C11H20O3/c1-8(2)7-14-10-4-3-9(5-10)6-11(12)13/h8-10H,3-7H2,1-2H3,(H,12,13). The first-order chi connectivity index (χ1) is 6.58. The lowest BCUT2D eigenvalue weighted by molar-refractivity contribution is -0.138. The molecule has 2 atom stereocenters. The van der Waals surface area contributed by atoms with Crippen molar-refractivity contribution in [1.82, 2.24) is 0 Å². The van der Waals surface area contributed by atoms with Crippen LogP contribution in [0, 0.1) is 11.8 Å². The molecule has 0 saturated heterocycles. The molecule has 1 saturated carbocycles. The maximum absolute atomic E-state index is 10.5. The lowest BCUT2D eigenvalue weighted by Crippen LogP contribution is -2.13. The van der Waals surface area contributed by atoms with Gasteiger partial charge in [-0.3, -0.25) is 4.79 Å². The van der Waals surface area contributed by atoms with E-state index >= 15 is 0 Å². The molecule has 14 heavy (non-hydrogen) atoms. The van der Waals surface area contributed by atoms with Crippen LogP contribution < -0.4 is 0 Å². The van der Waals surface area contributed by atoms with Crippen molar-refractivity contribution in [2.75, 3.05) is 6.61 Å². The first-order valence-corrected chi connectivity index (χ1v) is 5.41. The number of carboxylic acids is 1. The quantitative estimate of drug-likeness (QED) is 0.740. The van der Waals surface area contributed by atoms with Crippen molar-refractivity contribution in [3.05, 3.63) is 0 Å². The molecule has 0 amide bonds. The van der Waals surface area contributed by atoms with Crippen molar-refractivity contribution >= 4 is 5.97 Å². The van der Waals surface area contributed by atoms with Crippen LogP contribution in [0.4, 0.5) is 0 Å². The summed E-state index contributed by atoms with van der Waals surface area (Å²) in [6, 6.07) is 0. The molecule has 0 aliphatic heterocycles. The molecule has 2 unspecified atom stereocenters. The molecule has 1 N–H and O–H groups in total. The molecule has 0 bridgehead atoms. The van der Waals surface area contributed by atoms with Crippen LogP contribution >= 0.6 is 0 Å². The number of ether oxygens (including phenoxy) is 1. The number of rotatable bonds is 5. The van der Waals surface area contributed by atoms with Gasteiger partial charge in [-0.1, -0.05) is 13.8 Å². The van der Waals surface area contributed by atoms with E-state index in [1.807, 2.05) is 0 Å². The first kappa shape index (κ1) is 11.5. The van der Waals surface area contributed by atoms with Gasteiger partial charge in [-0.05, 0) is 31.1 Å². The Balaban J connectivity index is 2.17. The summed E-state index contributed by atoms with van der Waals surface area (Å²) in [4.78, 5) is 10.5. The fourth-order valence-electron chi connectivity index (χ4n) is 1.94. The Bertz CT molecular complexity index is 189. The molecule has 0 aromatic rings. The Kier molecular flexibility index (Phi) is 4.39. The van der Waals surface area contributed by atoms with E-state index in [2.05, 4.69) is 13.8 Å². The summed E-state index contributed by atoms with van der Waals surface area (Å²) in [5.41, 5.74) is 0.